The van der Waals surface area contributed by atoms with E-state index in [-0.39, 0.29) is 17.4 Å². The second-order valence-electron chi connectivity index (χ2n) is 3.85. The first-order valence-corrected chi connectivity index (χ1v) is 6.34. The van der Waals surface area contributed by atoms with Gasteiger partial charge < -0.3 is 20.5 Å². The van der Waals surface area contributed by atoms with E-state index < -0.39 is 12.0 Å². The highest BCUT2D eigenvalue weighted by molar-refractivity contribution is 9.10. The molecule has 1 rings (SSSR count). The van der Waals surface area contributed by atoms with E-state index in [1.54, 1.807) is 26.2 Å². The number of nitrogens with one attached hydrogen (secondary N) is 2. The largest absolute Gasteiger partial charge is 0.478 e. The third-order valence-corrected chi connectivity index (χ3v) is 3.10. The molecule has 0 aliphatic rings. The molecule has 1 aromatic rings. The molecule has 0 aliphatic carbocycles. The van der Waals surface area contributed by atoms with Gasteiger partial charge in [-0.05, 0) is 35.0 Å². The van der Waals surface area contributed by atoms with Gasteiger partial charge in [0, 0.05) is 18.1 Å². The third kappa shape index (κ3) is 4.53. The molecule has 2 amide bonds. The molecule has 104 valence electrons. The minimum absolute atomic E-state index is 0.0179. The Morgan fingerprint density at radius 2 is 2.16 bits per heavy atom. The monoisotopic (exact) mass is 330 g/mol. The fourth-order valence-electron chi connectivity index (χ4n) is 1.31. The summed E-state index contributed by atoms with van der Waals surface area (Å²) in [6.45, 7) is 2.14. The number of carboxylic acid groups (broad SMARTS) is 1. The molecule has 1 atom stereocenters. The highest BCUT2D eigenvalue weighted by Crippen LogP contribution is 2.26. The zero-order valence-corrected chi connectivity index (χ0v) is 12.2. The molecule has 0 aromatic heterocycles. The SMILES string of the molecule is COC(C)CNC(=O)Nc1c(Br)cccc1C(=O)O. The van der Waals surface area contributed by atoms with Gasteiger partial charge in [0.2, 0.25) is 0 Å². The lowest BCUT2D eigenvalue weighted by Crippen LogP contribution is -2.35. The van der Waals surface area contributed by atoms with E-state index in [1.165, 1.54) is 6.07 Å². The van der Waals surface area contributed by atoms with Crippen molar-refractivity contribution in [2.24, 2.45) is 0 Å². The summed E-state index contributed by atoms with van der Waals surface area (Å²) in [6.07, 6.45) is -0.121. The van der Waals surface area contributed by atoms with Gasteiger partial charge in [-0.1, -0.05) is 6.07 Å². The number of para-hydroxylation sites is 1. The smallest absolute Gasteiger partial charge is 0.337 e. The fourth-order valence-corrected chi connectivity index (χ4v) is 1.77. The van der Waals surface area contributed by atoms with Gasteiger partial charge in [-0.3, -0.25) is 0 Å². The molecule has 1 unspecified atom stereocenters. The zero-order valence-electron chi connectivity index (χ0n) is 10.6. The Labute approximate surface area is 119 Å². The van der Waals surface area contributed by atoms with E-state index >= 15 is 0 Å². The molecule has 7 heteroatoms. The summed E-state index contributed by atoms with van der Waals surface area (Å²) in [4.78, 5) is 22.7. The van der Waals surface area contributed by atoms with Crippen LogP contribution >= 0.6 is 15.9 Å². The Kier molecular flexibility index (Phi) is 5.78. The van der Waals surface area contributed by atoms with Gasteiger partial charge in [0.1, 0.15) is 0 Å². The van der Waals surface area contributed by atoms with Crippen LogP contribution in [0.15, 0.2) is 22.7 Å². The van der Waals surface area contributed by atoms with Crippen molar-refractivity contribution in [1.82, 2.24) is 5.32 Å². The molecule has 0 bridgehead atoms. The molecule has 0 fully saturated rings. The number of carboxylic acids is 1. The number of methoxy groups -OCH3 is 1. The molecular weight excluding hydrogens is 316 g/mol. The van der Waals surface area contributed by atoms with Gasteiger partial charge in [-0.15, -0.1) is 0 Å². The van der Waals surface area contributed by atoms with Crippen LogP contribution in [-0.4, -0.2) is 36.9 Å². The maximum Gasteiger partial charge on any atom is 0.337 e. The van der Waals surface area contributed by atoms with Crippen molar-refractivity contribution in [3.63, 3.8) is 0 Å². The van der Waals surface area contributed by atoms with Crippen LogP contribution in [0.3, 0.4) is 0 Å². The average Bonchev–Trinajstić information content (AvgIpc) is 2.38. The van der Waals surface area contributed by atoms with Gasteiger partial charge in [-0.2, -0.15) is 0 Å². The number of carbonyl (C=O) groups is 2. The number of urea groups is 1. The lowest BCUT2D eigenvalue weighted by molar-refractivity contribution is 0.0698. The lowest BCUT2D eigenvalue weighted by Gasteiger charge is -2.13. The minimum Gasteiger partial charge on any atom is -0.478 e. The molecular formula is C12H15BrN2O4. The molecule has 6 nitrogen and oxygen atoms in total. The lowest BCUT2D eigenvalue weighted by atomic mass is 10.2. The van der Waals surface area contributed by atoms with E-state index in [0.717, 1.165) is 0 Å². The first-order valence-electron chi connectivity index (χ1n) is 5.55. The average molecular weight is 331 g/mol. The summed E-state index contributed by atoms with van der Waals surface area (Å²) in [5.41, 5.74) is 0.238. The Bertz CT molecular complexity index is 479. The predicted molar refractivity (Wildman–Crippen MR) is 74.6 cm³/mol. The van der Waals surface area contributed by atoms with Crippen LogP contribution in [0.25, 0.3) is 0 Å². The van der Waals surface area contributed by atoms with E-state index in [9.17, 15) is 9.59 Å². The predicted octanol–water partition coefficient (Wildman–Crippen LogP) is 2.30. The number of halogens is 1. The minimum atomic E-state index is -1.11. The Hall–Kier alpha value is -1.60. The van der Waals surface area contributed by atoms with Crippen LogP contribution in [0.2, 0.25) is 0 Å². The summed E-state index contributed by atoms with van der Waals surface area (Å²) < 4.78 is 5.49. The number of aromatic carboxylic acids is 1. The summed E-state index contributed by atoms with van der Waals surface area (Å²) in [5, 5.41) is 14.1. The van der Waals surface area contributed by atoms with Crippen LogP contribution in [0.1, 0.15) is 17.3 Å². The Morgan fingerprint density at radius 3 is 2.74 bits per heavy atom. The van der Waals surface area contributed by atoms with Crippen LogP contribution in [-0.2, 0) is 4.74 Å². The molecule has 0 saturated heterocycles. The number of anilines is 1. The normalized spacial score (nSPS) is 11.7. The van der Waals surface area contributed by atoms with Crippen LogP contribution in [0, 0.1) is 0 Å². The first-order chi connectivity index (χ1) is 8.95. The van der Waals surface area contributed by atoms with E-state index in [0.29, 0.717) is 11.0 Å². The van der Waals surface area contributed by atoms with E-state index in [4.69, 9.17) is 9.84 Å². The van der Waals surface area contributed by atoms with Crippen LogP contribution in [0.5, 0.6) is 0 Å². The highest BCUT2D eigenvalue weighted by atomic mass is 79.9. The van der Waals surface area contributed by atoms with Crippen molar-refractivity contribution in [2.75, 3.05) is 19.0 Å². The number of hydrogen-bond donors (Lipinski definition) is 3. The molecule has 3 N–H and O–H groups in total. The van der Waals surface area contributed by atoms with E-state index in [1.807, 2.05) is 0 Å². The Balaban J connectivity index is 2.76. The number of ether oxygens (including phenoxy) is 1. The second-order valence-corrected chi connectivity index (χ2v) is 4.70. The number of hydrogen-bond acceptors (Lipinski definition) is 3. The summed E-state index contributed by atoms with van der Waals surface area (Å²) in [5.74, 6) is -1.11. The number of carbonyl (C=O) groups excluding carboxylic acids is 1. The number of amides is 2. The molecule has 0 saturated carbocycles. The topological polar surface area (TPSA) is 87.7 Å². The van der Waals surface area contributed by atoms with E-state index in [2.05, 4.69) is 26.6 Å². The van der Waals surface area contributed by atoms with Crippen LogP contribution in [0.4, 0.5) is 10.5 Å². The quantitative estimate of drug-likeness (QED) is 0.773. The van der Waals surface area contributed by atoms with Gasteiger partial charge in [0.15, 0.2) is 0 Å². The molecule has 0 heterocycles. The van der Waals surface area contributed by atoms with Crippen molar-refractivity contribution in [3.05, 3.63) is 28.2 Å². The van der Waals surface area contributed by atoms with Crippen molar-refractivity contribution >= 4 is 33.6 Å². The van der Waals surface area contributed by atoms with Gasteiger partial charge in [0.05, 0.1) is 17.4 Å². The molecule has 1 aromatic carbocycles. The zero-order chi connectivity index (χ0) is 14.4. The Morgan fingerprint density at radius 1 is 1.47 bits per heavy atom. The fraction of sp³-hybridized carbons (Fsp3) is 0.333. The highest BCUT2D eigenvalue weighted by Gasteiger charge is 2.15. The van der Waals surface area contributed by atoms with Gasteiger partial charge in [-0.25, -0.2) is 9.59 Å². The van der Waals surface area contributed by atoms with Crippen molar-refractivity contribution < 1.29 is 19.4 Å². The standard InChI is InChI=1S/C12H15BrN2O4/c1-7(19-2)6-14-12(18)15-10-8(11(16)17)4-3-5-9(10)13/h3-5,7H,6H2,1-2H3,(H,16,17)(H2,14,15,18). The van der Waals surface area contributed by atoms with Gasteiger partial charge in [0.25, 0.3) is 0 Å². The second kappa shape index (κ2) is 7.10. The van der Waals surface area contributed by atoms with Crippen LogP contribution < -0.4 is 10.6 Å². The van der Waals surface area contributed by atoms with Crippen molar-refractivity contribution in [1.29, 1.82) is 0 Å². The molecule has 0 radical (unpaired) electrons. The molecule has 0 spiro atoms. The van der Waals surface area contributed by atoms with Gasteiger partial charge >= 0.3 is 12.0 Å². The molecule has 19 heavy (non-hydrogen) atoms. The summed E-state index contributed by atoms with van der Waals surface area (Å²) in [6, 6.07) is 4.17. The number of benzene rings is 1. The number of rotatable bonds is 5. The molecule has 0 aliphatic heterocycles. The van der Waals surface area contributed by atoms with Crippen molar-refractivity contribution in [2.45, 2.75) is 13.0 Å². The summed E-state index contributed by atoms with van der Waals surface area (Å²) in [7, 11) is 1.54. The maximum atomic E-state index is 11.7. The first kappa shape index (κ1) is 15.5. The van der Waals surface area contributed by atoms with Crippen molar-refractivity contribution in [3.8, 4) is 0 Å². The summed E-state index contributed by atoms with van der Waals surface area (Å²) >= 11 is 3.21. The third-order valence-electron chi connectivity index (χ3n) is 2.43. The maximum absolute atomic E-state index is 11.7.